The Bertz CT molecular complexity index is 792. The fourth-order valence-electron chi connectivity index (χ4n) is 2.09. The van der Waals surface area contributed by atoms with E-state index in [-0.39, 0.29) is 0 Å². The van der Waals surface area contributed by atoms with E-state index < -0.39 is 0 Å². The predicted octanol–water partition coefficient (Wildman–Crippen LogP) is 4.48. The van der Waals surface area contributed by atoms with E-state index in [1.807, 2.05) is 54.6 Å². The molecule has 0 atom stereocenters. The average Bonchev–Trinajstić information content (AvgIpc) is 2.94. The van der Waals surface area contributed by atoms with Gasteiger partial charge < -0.3 is 9.47 Å². The number of rotatable bonds is 4. The van der Waals surface area contributed by atoms with Crippen LogP contribution in [-0.2, 0) is 0 Å². The number of ether oxygens (including phenoxy) is 2. The van der Waals surface area contributed by atoms with Gasteiger partial charge in [0.25, 0.3) is 0 Å². The highest BCUT2D eigenvalue weighted by Gasteiger charge is 2.03. The normalized spacial score (nSPS) is 11.1. The molecule has 106 valence electrons. The molecule has 4 heteroatoms. The number of fused-ring (bicyclic) bond motifs is 1. The topological polar surface area (TPSA) is 31.4 Å². The maximum absolute atomic E-state index is 5.34. The molecule has 0 saturated heterocycles. The second-order valence-corrected chi connectivity index (χ2v) is 5.52. The number of benzene rings is 2. The first-order valence-electron chi connectivity index (χ1n) is 6.56. The number of thiazole rings is 1. The minimum absolute atomic E-state index is 0.853. The van der Waals surface area contributed by atoms with Crippen LogP contribution in [0, 0.1) is 0 Å². The van der Waals surface area contributed by atoms with Crippen molar-refractivity contribution in [1.29, 1.82) is 0 Å². The lowest BCUT2D eigenvalue weighted by Crippen LogP contribution is -1.85. The highest BCUT2D eigenvalue weighted by Crippen LogP contribution is 2.28. The van der Waals surface area contributed by atoms with Crippen molar-refractivity contribution in [1.82, 2.24) is 4.98 Å². The van der Waals surface area contributed by atoms with E-state index in [1.165, 1.54) is 0 Å². The largest absolute Gasteiger partial charge is 0.497 e. The molecule has 0 radical (unpaired) electrons. The van der Waals surface area contributed by atoms with Crippen LogP contribution in [-0.4, -0.2) is 19.2 Å². The van der Waals surface area contributed by atoms with Gasteiger partial charge in [-0.15, -0.1) is 11.3 Å². The summed E-state index contributed by atoms with van der Waals surface area (Å²) in [4.78, 5) is 4.59. The molecule has 21 heavy (non-hydrogen) atoms. The summed E-state index contributed by atoms with van der Waals surface area (Å²) in [6, 6.07) is 13.8. The second kappa shape index (κ2) is 5.97. The van der Waals surface area contributed by atoms with Crippen LogP contribution in [0.15, 0.2) is 42.5 Å². The zero-order chi connectivity index (χ0) is 14.7. The average molecular weight is 297 g/mol. The van der Waals surface area contributed by atoms with Crippen molar-refractivity contribution in [2.75, 3.05) is 14.2 Å². The van der Waals surface area contributed by atoms with Crippen LogP contribution >= 0.6 is 11.3 Å². The summed E-state index contributed by atoms with van der Waals surface area (Å²) in [6.45, 7) is 0. The van der Waals surface area contributed by atoms with Gasteiger partial charge in [0.15, 0.2) is 0 Å². The zero-order valence-corrected chi connectivity index (χ0v) is 12.7. The fraction of sp³-hybridized carbons (Fsp3) is 0.118. The highest BCUT2D eigenvalue weighted by atomic mass is 32.1. The number of hydrogen-bond acceptors (Lipinski definition) is 4. The molecule has 3 nitrogen and oxygen atoms in total. The van der Waals surface area contributed by atoms with Crippen LogP contribution in [0.5, 0.6) is 11.5 Å². The van der Waals surface area contributed by atoms with Gasteiger partial charge in [0.05, 0.1) is 24.4 Å². The molecule has 3 aromatic rings. The van der Waals surface area contributed by atoms with Crippen LogP contribution in [0.1, 0.15) is 10.6 Å². The molecule has 0 N–H and O–H groups in total. The third-order valence-electron chi connectivity index (χ3n) is 3.16. The standard InChI is InChI=1S/C17H15NO2S/c1-19-13-8-9-14-16(11-13)21-17(18-14)10-7-12-5-3-4-6-15(12)20-2/h3-11H,1-2H3. The summed E-state index contributed by atoms with van der Waals surface area (Å²) < 4.78 is 11.7. The molecule has 0 unspecified atom stereocenters. The van der Waals surface area contributed by atoms with E-state index in [1.54, 1.807) is 25.6 Å². The van der Waals surface area contributed by atoms with Crippen molar-refractivity contribution in [2.24, 2.45) is 0 Å². The minimum atomic E-state index is 0.853. The zero-order valence-electron chi connectivity index (χ0n) is 11.9. The predicted molar refractivity (Wildman–Crippen MR) is 88.1 cm³/mol. The van der Waals surface area contributed by atoms with E-state index in [9.17, 15) is 0 Å². The Morgan fingerprint density at radius 1 is 1.00 bits per heavy atom. The summed E-state index contributed by atoms with van der Waals surface area (Å²) in [7, 11) is 3.35. The molecule has 0 aliphatic rings. The molecule has 0 aliphatic heterocycles. The Balaban J connectivity index is 1.92. The molecule has 0 fully saturated rings. The minimum Gasteiger partial charge on any atom is -0.497 e. The van der Waals surface area contributed by atoms with Gasteiger partial charge in [-0.05, 0) is 36.4 Å². The maximum atomic E-state index is 5.34. The summed E-state index contributed by atoms with van der Waals surface area (Å²) in [6.07, 6.45) is 4.03. The molecular weight excluding hydrogens is 282 g/mol. The third kappa shape index (κ3) is 2.90. The molecule has 1 aromatic heterocycles. The van der Waals surface area contributed by atoms with Gasteiger partial charge in [-0.1, -0.05) is 18.2 Å². The first-order valence-corrected chi connectivity index (χ1v) is 7.37. The number of nitrogens with zero attached hydrogens (tertiary/aromatic N) is 1. The lowest BCUT2D eigenvalue weighted by atomic mass is 10.2. The summed E-state index contributed by atoms with van der Waals surface area (Å²) in [5.74, 6) is 1.71. The Morgan fingerprint density at radius 2 is 1.86 bits per heavy atom. The smallest absolute Gasteiger partial charge is 0.126 e. The van der Waals surface area contributed by atoms with Crippen LogP contribution in [0.4, 0.5) is 0 Å². The summed E-state index contributed by atoms with van der Waals surface area (Å²) >= 11 is 1.64. The molecule has 2 aromatic carbocycles. The van der Waals surface area contributed by atoms with Crippen molar-refractivity contribution in [3.05, 3.63) is 53.0 Å². The fourth-order valence-corrected chi connectivity index (χ4v) is 2.98. The number of aromatic nitrogens is 1. The lowest BCUT2D eigenvalue weighted by molar-refractivity contribution is 0.414. The van der Waals surface area contributed by atoms with Gasteiger partial charge in [-0.25, -0.2) is 4.98 Å². The first-order chi connectivity index (χ1) is 10.3. The van der Waals surface area contributed by atoms with Gasteiger partial charge in [-0.3, -0.25) is 0 Å². The van der Waals surface area contributed by atoms with Crippen molar-refractivity contribution in [3.8, 4) is 11.5 Å². The monoisotopic (exact) mass is 297 g/mol. The van der Waals surface area contributed by atoms with Gasteiger partial charge in [0, 0.05) is 5.56 Å². The quantitative estimate of drug-likeness (QED) is 0.711. The van der Waals surface area contributed by atoms with Gasteiger partial charge in [0.1, 0.15) is 16.5 Å². The van der Waals surface area contributed by atoms with Crippen molar-refractivity contribution in [3.63, 3.8) is 0 Å². The van der Waals surface area contributed by atoms with E-state index in [2.05, 4.69) is 4.98 Å². The van der Waals surface area contributed by atoms with Crippen LogP contribution in [0.2, 0.25) is 0 Å². The van der Waals surface area contributed by atoms with Crippen LogP contribution < -0.4 is 9.47 Å². The Morgan fingerprint density at radius 3 is 2.67 bits per heavy atom. The van der Waals surface area contributed by atoms with Crippen molar-refractivity contribution < 1.29 is 9.47 Å². The molecule has 0 saturated carbocycles. The third-order valence-corrected chi connectivity index (χ3v) is 4.14. The van der Waals surface area contributed by atoms with E-state index >= 15 is 0 Å². The van der Waals surface area contributed by atoms with Crippen molar-refractivity contribution >= 4 is 33.7 Å². The van der Waals surface area contributed by atoms with E-state index in [4.69, 9.17) is 9.47 Å². The molecule has 0 aliphatic carbocycles. The van der Waals surface area contributed by atoms with E-state index in [0.29, 0.717) is 0 Å². The Hall–Kier alpha value is -2.33. The lowest BCUT2D eigenvalue weighted by Gasteiger charge is -2.02. The summed E-state index contributed by atoms with van der Waals surface area (Å²) in [5.41, 5.74) is 2.03. The molecule has 1 heterocycles. The SMILES string of the molecule is COc1ccc2nc(C=Cc3ccccc3OC)sc2c1. The van der Waals surface area contributed by atoms with Crippen LogP contribution in [0.3, 0.4) is 0 Å². The molecule has 3 rings (SSSR count). The molecular formula is C17H15NO2S. The second-order valence-electron chi connectivity index (χ2n) is 4.46. The first kappa shape index (κ1) is 13.6. The van der Waals surface area contributed by atoms with Gasteiger partial charge in [0.2, 0.25) is 0 Å². The molecule has 0 bridgehead atoms. The highest BCUT2D eigenvalue weighted by molar-refractivity contribution is 7.19. The maximum Gasteiger partial charge on any atom is 0.126 e. The van der Waals surface area contributed by atoms with Gasteiger partial charge in [-0.2, -0.15) is 0 Å². The van der Waals surface area contributed by atoms with Crippen LogP contribution in [0.25, 0.3) is 22.4 Å². The molecule has 0 amide bonds. The Labute approximate surface area is 127 Å². The Kier molecular flexibility index (Phi) is 3.88. The van der Waals surface area contributed by atoms with Gasteiger partial charge >= 0.3 is 0 Å². The van der Waals surface area contributed by atoms with Crippen molar-refractivity contribution in [2.45, 2.75) is 0 Å². The molecule has 0 spiro atoms. The number of para-hydroxylation sites is 1. The van der Waals surface area contributed by atoms with E-state index in [0.717, 1.165) is 32.3 Å². The number of methoxy groups -OCH3 is 2. The summed E-state index contributed by atoms with van der Waals surface area (Å²) in [5, 5.41) is 0.962. The number of hydrogen-bond donors (Lipinski definition) is 0.